The molecule has 2 aromatic rings. The van der Waals surface area contributed by atoms with Crippen molar-refractivity contribution in [2.45, 2.75) is 32.8 Å². The quantitative estimate of drug-likeness (QED) is 0.485. The van der Waals surface area contributed by atoms with Gasteiger partial charge < -0.3 is 20.1 Å². The summed E-state index contributed by atoms with van der Waals surface area (Å²) in [7, 11) is 1.66. The minimum atomic E-state index is -4.35. The number of aliphatic imine (C=N–C) groups is 1. The highest BCUT2D eigenvalue weighted by Crippen LogP contribution is 2.19. The molecule has 0 heterocycles. The molecule has 0 aromatic heterocycles. The van der Waals surface area contributed by atoms with Crippen LogP contribution in [0.5, 0.6) is 5.75 Å². The molecule has 0 spiro atoms. The van der Waals surface area contributed by atoms with Gasteiger partial charge in [0.2, 0.25) is 0 Å². The van der Waals surface area contributed by atoms with Gasteiger partial charge in [0, 0.05) is 20.2 Å². The van der Waals surface area contributed by atoms with Crippen molar-refractivity contribution < 1.29 is 22.6 Å². The minimum Gasteiger partial charge on any atom is -0.484 e. The monoisotopic (exact) mass is 409 g/mol. The number of rotatable bonds is 9. The van der Waals surface area contributed by atoms with Crippen LogP contribution in [0.2, 0.25) is 0 Å². The van der Waals surface area contributed by atoms with Crippen LogP contribution in [-0.2, 0) is 24.4 Å². The van der Waals surface area contributed by atoms with Crippen LogP contribution >= 0.6 is 0 Å². The summed E-state index contributed by atoms with van der Waals surface area (Å²) >= 11 is 0. The summed E-state index contributed by atoms with van der Waals surface area (Å²) in [4.78, 5) is 4.53. The molecule has 0 fully saturated rings. The molecule has 0 radical (unpaired) electrons. The molecule has 0 aliphatic rings. The highest BCUT2D eigenvalue weighted by atomic mass is 19.4. The van der Waals surface area contributed by atoms with E-state index in [-0.39, 0.29) is 5.75 Å². The third kappa shape index (κ3) is 8.43. The molecular weight excluding hydrogens is 383 g/mol. The van der Waals surface area contributed by atoms with Crippen molar-refractivity contribution >= 4 is 5.96 Å². The SMILES string of the molecule is CCNC(=NCc1ccc(OCC(F)(F)F)cc1)NCc1ccccc1COC. The van der Waals surface area contributed by atoms with E-state index < -0.39 is 12.8 Å². The molecule has 0 aliphatic heterocycles. The van der Waals surface area contributed by atoms with Gasteiger partial charge in [-0.15, -0.1) is 0 Å². The van der Waals surface area contributed by atoms with Crippen LogP contribution in [0, 0.1) is 0 Å². The minimum absolute atomic E-state index is 0.176. The molecule has 5 nitrogen and oxygen atoms in total. The van der Waals surface area contributed by atoms with Gasteiger partial charge in [-0.2, -0.15) is 13.2 Å². The molecule has 2 N–H and O–H groups in total. The van der Waals surface area contributed by atoms with E-state index in [4.69, 9.17) is 9.47 Å². The van der Waals surface area contributed by atoms with E-state index in [0.717, 1.165) is 16.7 Å². The van der Waals surface area contributed by atoms with Gasteiger partial charge >= 0.3 is 6.18 Å². The van der Waals surface area contributed by atoms with E-state index in [1.165, 1.54) is 12.1 Å². The zero-order valence-electron chi connectivity index (χ0n) is 16.6. The number of halogens is 3. The molecule has 0 aliphatic carbocycles. The molecule has 0 unspecified atom stereocenters. The van der Waals surface area contributed by atoms with Crippen LogP contribution in [0.15, 0.2) is 53.5 Å². The van der Waals surface area contributed by atoms with E-state index in [2.05, 4.69) is 15.6 Å². The highest BCUT2D eigenvalue weighted by molar-refractivity contribution is 5.79. The molecule has 0 bridgehead atoms. The van der Waals surface area contributed by atoms with Crippen molar-refractivity contribution in [3.05, 3.63) is 65.2 Å². The van der Waals surface area contributed by atoms with Crippen molar-refractivity contribution in [3.63, 3.8) is 0 Å². The van der Waals surface area contributed by atoms with Crippen LogP contribution in [0.4, 0.5) is 13.2 Å². The molecule has 2 aromatic carbocycles. The first kappa shape index (κ1) is 22.5. The highest BCUT2D eigenvalue weighted by Gasteiger charge is 2.28. The van der Waals surface area contributed by atoms with E-state index in [1.807, 2.05) is 31.2 Å². The second-order valence-electron chi connectivity index (χ2n) is 6.30. The maximum Gasteiger partial charge on any atom is 0.422 e. The third-order valence-corrected chi connectivity index (χ3v) is 3.95. The molecule has 0 atom stereocenters. The molecule has 0 saturated carbocycles. The normalized spacial score (nSPS) is 12.0. The van der Waals surface area contributed by atoms with Crippen LogP contribution in [0.3, 0.4) is 0 Å². The van der Waals surface area contributed by atoms with E-state index in [1.54, 1.807) is 19.2 Å². The van der Waals surface area contributed by atoms with Crippen molar-refractivity contribution in [1.82, 2.24) is 10.6 Å². The Morgan fingerprint density at radius 3 is 2.31 bits per heavy atom. The van der Waals surface area contributed by atoms with E-state index >= 15 is 0 Å². The number of alkyl halides is 3. The average Bonchev–Trinajstić information content (AvgIpc) is 2.70. The smallest absolute Gasteiger partial charge is 0.422 e. The van der Waals surface area contributed by atoms with Crippen LogP contribution < -0.4 is 15.4 Å². The number of methoxy groups -OCH3 is 1. The van der Waals surface area contributed by atoms with Gasteiger partial charge in [0.25, 0.3) is 0 Å². The zero-order valence-corrected chi connectivity index (χ0v) is 16.6. The summed E-state index contributed by atoms with van der Waals surface area (Å²) in [6, 6.07) is 14.4. The summed E-state index contributed by atoms with van der Waals surface area (Å²) in [5, 5.41) is 6.47. The number of nitrogens with zero attached hydrogens (tertiary/aromatic N) is 1. The summed E-state index contributed by atoms with van der Waals surface area (Å²) in [6.45, 7) is 2.89. The lowest BCUT2D eigenvalue weighted by Gasteiger charge is -2.14. The Kier molecular flexibility index (Phi) is 8.79. The van der Waals surface area contributed by atoms with Crippen molar-refractivity contribution in [2.24, 2.45) is 4.99 Å². The lowest BCUT2D eigenvalue weighted by atomic mass is 10.1. The van der Waals surface area contributed by atoms with E-state index in [0.29, 0.717) is 32.2 Å². The first-order valence-electron chi connectivity index (χ1n) is 9.27. The second kappa shape index (κ2) is 11.3. The van der Waals surface area contributed by atoms with Gasteiger partial charge in [0.1, 0.15) is 5.75 Å². The Morgan fingerprint density at radius 2 is 1.69 bits per heavy atom. The van der Waals surface area contributed by atoms with Gasteiger partial charge in [0.05, 0.1) is 13.2 Å². The summed E-state index contributed by atoms with van der Waals surface area (Å²) in [5.74, 6) is 0.826. The molecule has 158 valence electrons. The second-order valence-corrected chi connectivity index (χ2v) is 6.30. The van der Waals surface area contributed by atoms with Crippen LogP contribution in [0.25, 0.3) is 0 Å². The Labute approximate surface area is 168 Å². The zero-order chi connectivity index (χ0) is 21.1. The maximum absolute atomic E-state index is 12.2. The topological polar surface area (TPSA) is 54.9 Å². The van der Waals surface area contributed by atoms with Gasteiger partial charge in [-0.1, -0.05) is 36.4 Å². The average molecular weight is 409 g/mol. The number of ether oxygens (including phenoxy) is 2. The van der Waals surface area contributed by atoms with Gasteiger partial charge in [0.15, 0.2) is 12.6 Å². The standard InChI is InChI=1S/C21H26F3N3O2/c1-3-25-20(27-13-17-6-4-5-7-18(17)14-28-2)26-12-16-8-10-19(11-9-16)29-15-21(22,23)24/h4-11H,3,12-15H2,1-2H3,(H2,25,26,27). The first-order valence-corrected chi connectivity index (χ1v) is 9.27. The predicted molar refractivity (Wildman–Crippen MR) is 107 cm³/mol. The Balaban J connectivity index is 1.95. The van der Waals surface area contributed by atoms with Gasteiger partial charge in [-0.05, 0) is 35.7 Å². The summed E-state index contributed by atoms with van der Waals surface area (Å²) < 4.78 is 46.5. The van der Waals surface area contributed by atoms with Gasteiger partial charge in [-0.25, -0.2) is 4.99 Å². The van der Waals surface area contributed by atoms with Gasteiger partial charge in [-0.3, -0.25) is 0 Å². The number of hydrogen-bond acceptors (Lipinski definition) is 3. The fourth-order valence-corrected chi connectivity index (χ4v) is 2.57. The van der Waals surface area contributed by atoms with Crippen molar-refractivity contribution in [2.75, 3.05) is 20.3 Å². The lowest BCUT2D eigenvalue weighted by Crippen LogP contribution is -2.37. The Morgan fingerprint density at radius 1 is 1.00 bits per heavy atom. The number of benzene rings is 2. The largest absolute Gasteiger partial charge is 0.484 e. The molecule has 0 saturated heterocycles. The van der Waals surface area contributed by atoms with Crippen LogP contribution in [-0.4, -0.2) is 32.4 Å². The lowest BCUT2D eigenvalue weighted by molar-refractivity contribution is -0.153. The molecule has 29 heavy (non-hydrogen) atoms. The molecule has 2 rings (SSSR count). The number of nitrogens with one attached hydrogen (secondary N) is 2. The fraction of sp³-hybridized carbons (Fsp3) is 0.381. The van der Waals surface area contributed by atoms with Crippen molar-refractivity contribution in [1.29, 1.82) is 0 Å². The maximum atomic E-state index is 12.2. The van der Waals surface area contributed by atoms with Crippen LogP contribution in [0.1, 0.15) is 23.6 Å². The predicted octanol–water partition coefficient (Wildman–Crippen LogP) is 4.03. The Bertz CT molecular complexity index is 777. The third-order valence-electron chi connectivity index (χ3n) is 3.95. The number of hydrogen-bond donors (Lipinski definition) is 2. The molecule has 0 amide bonds. The van der Waals surface area contributed by atoms with E-state index in [9.17, 15) is 13.2 Å². The summed E-state index contributed by atoms with van der Waals surface area (Å²) in [6.07, 6.45) is -4.35. The van der Waals surface area contributed by atoms with Crippen molar-refractivity contribution in [3.8, 4) is 5.75 Å². The first-order chi connectivity index (χ1) is 13.9. The summed E-state index contributed by atoms with van der Waals surface area (Å²) in [5.41, 5.74) is 3.08. The molecular formula is C21H26F3N3O2. The number of guanidine groups is 1. The fourth-order valence-electron chi connectivity index (χ4n) is 2.57. The Hall–Kier alpha value is -2.74. The molecule has 8 heteroatoms.